The lowest BCUT2D eigenvalue weighted by Crippen LogP contribution is -2.17. The maximum Gasteiger partial charge on any atom is 0.573 e. The van der Waals surface area contributed by atoms with Gasteiger partial charge in [0, 0.05) is 18.2 Å². The Kier molecular flexibility index (Phi) is 3.07. The third-order valence-corrected chi connectivity index (χ3v) is 4.08. The molecule has 1 heterocycles. The van der Waals surface area contributed by atoms with E-state index >= 15 is 0 Å². The Morgan fingerprint density at radius 1 is 1.26 bits per heavy atom. The van der Waals surface area contributed by atoms with E-state index in [2.05, 4.69) is 10.1 Å². The van der Waals surface area contributed by atoms with Gasteiger partial charge in [-0.25, -0.2) is 0 Å². The molecule has 0 amide bonds. The third-order valence-electron chi connectivity index (χ3n) is 4.08. The van der Waals surface area contributed by atoms with Crippen LogP contribution in [0.15, 0.2) is 18.2 Å². The van der Waals surface area contributed by atoms with Crippen LogP contribution in [-0.2, 0) is 0 Å². The number of alkyl halides is 3. The molecule has 1 aromatic rings. The minimum Gasteiger partial charge on any atom is -0.406 e. The van der Waals surface area contributed by atoms with Gasteiger partial charge < -0.3 is 10.1 Å². The fraction of sp³-hybridized carbons (Fsp3) is 0.571. The summed E-state index contributed by atoms with van der Waals surface area (Å²) >= 11 is 0. The van der Waals surface area contributed by atoms with Crippen LogP contribution in [0.5, 0.6) is 5.75 Å². The molecule has 2 aliphatic rings. The van der Waals surface area contributed by atoms with E-state index in [1.165, 1.54) is 31.4 Å². The highest BCUT2D eigenvalue weighted by Crippen LogP contribution is 2.42. The second-order valence-corrected chi connectivity index (χ2v) is 5.41. The minimum absolute atomic E-state index is 0.117. The molecule has 1 atom stereocenters. The highest BCUT2D eigenvalue weighted by Gasteiger charge is 2.33. The van der Waals surface area contributed by atoms with E-state index in [-0.39, 0.29) is 5.75 Å². The quantitative estimate of drug-likeness (QED) is 0.885. The van der Waals surface area contributed by atoms with Crippen LogP contribution < -0.4 is 10.1 Å². The summed E-state index contributed by atoms with van der Waals surface area (Å²) in [4.78, 5) is 0. The van der Waals surface area contributed by atoms with Crippen molar-refractivity contribution in [3.05, 3.63) is 23.8 Å². The number of hydrogen-bond acceptors (Lipinski definition) is 2. The summed E-state index contributed by atoms with van der Waals surface area (Å²) in [5.74, 6) is 0.940. The molecule has 2 nitrogen and oxygen atoms in total. The smallest absolute Gasteiger partial charge is 0.406 e. The zero-order valence-corrected chi connectivity index (χ0v) is 10.5. The van der Waals surface area contributed by atoms with Crippen molar-refractivity contribution >= 4 is 5.69 Å². The third kappa shape index (κ3) is 2.80. The Bertz CT molecular complexity index is 468. The summed E-state index contributed by atoms with van der Waals surface area (Å²) in [6, 6.07) is 4.58. The number of nitrogens with one attached hydrogen (secondary N) is 1. The van der Waals surface area contributed by atoms with Gasteiger partial charge in [-0.15, -0.1) is 13.2 Å². The Morgan fingerprint density at radius 3 is 2.68 bits per heavy atom. The van der Waals surface area contributed by atoms with E-state index in [4.69, 9.17) is 0 Å². The molecule has 3 rings (SSSR count). The van der Waals surface area contributed by atoms with Crippen LogP contribution in [0.1, 0.15) is 37.2 Å². The molecule has 1 aromatic carbocycles. The average Bonchev–Trinajstić information content (AvgIpc) is 2.64. The minimum atomic E-state index is -4.62. The number of anilines is 1. The van der Waals surface area contributed by atoms with Crippen LogP contribution in [0, 0.1) is 5.92 Å². The lowest BCUT2D eigenvalue weighted by Gasteiger charge is -2.28. The highest BCUT2D eigenvalue weighted by atomic mass is 19.4. The van der Waals surface area contributed by atoms with Crippen LogP contribution in [0.4, 0.5) is 18.9 Å². The van der Waals surface area contributed by atoms with Crippen molar-refractivity contribution in [3.63, 3.8) is 0 Å². The molecule has 19 heavy (non-hydrogen) atoms. The number of fused-ring (bicyclic) bond motifs is 1. The van der Waals surface area contributed by atoms with Gasteiger partial charge in [-0.2, -0.15) is 0 Å². The number of rotatable bonds is 3. The molecule has 0 spiro atoms. The summed E-state index contributed by atoms with van der Waals surface area (Å²) in [7, 11) is 0. The van der Waals surface area contributed by atoms with Gasteiger partial charge in [-0.3, -0.25) is 0 Å². The molecule has 5 heteroatoms. The number of halogens is 3. The second kappa shape index (κ2) is 4.62. The molecule has 1 aliphatic carbocycles. The number of hydrogen-bond donors (Lipinski definition) is 1. The van der Waals surface area contributed by atoms with Gasteiger partial charge in [0.25, 0.3) is 0 Å². The van der Waals surface area contributed by atoms with Crippen LogP contribution >= 0.6 is 0 Å². The van der Waals surface area contributed by atoms with Crippen molar-refractivity contribution in [2.75, 3.05) is 11.9 Å². The van der Waals surface area contributed by atoms with Crippen molar-refractivity contribution in [2.24, 2.45) is 5.92 Å². The summed E-state index contributed by atoms with van der Waals surface area (Å²) < 4.78 is 40.7. The zero-order chi connectivity index (χ0) is 13.5. The molecule has 0 radical (unpaired) electrons. The Hall–Kier alpha value is -1.39. The van der Waals surface area contributed by atoms with E-state index < -0.39 is 6.36 Å². The summed E-state index contributed by atoms with van der Waals surface area (Å²) in [5.41, 5.74) is 1.91. The van der Waals surface area contributed by atoms with Crippen molar-refractivity contribution < 1.29 is 17.9 Å². The van der Waals surface area contributed by atoms with E-state index in [0.717, 1.165) is 30.1 Å². The fourth-order valence-corrected chi connectivity index (χ4v) is 2.92. The number of benzene rings is 1. The molecule has 1 fully saturated rings. The zero-order valence-electron chi connectivity index (χ0n) is 10.5. The van der Waals surface area contributed by atoms with Gasteiger partial charge in [-0.1, -0.05) is 19.3 Å². The van der Waals surface area contributed by atoms with E-state index in [1.807, 2.05) is 0 Å². The molecular weight excluding hydrogens is 255 g/mol. The normalized spacial score (nSPS) is 22.6. The van der Waals surface area contributed by atoms with Crippen molar-refractivity contribution in [1.29, 1.82) is 0 Å². The maximum atomic E-state index is 12.2. The first-order chi connectivity index (χ1) is 9.01. The highest BCUT2D eigenvalue weighted by molar-refractivity contribution is 5.60. The molecule has 1 saturated carbocycles. The lowest BCUT2D eigenvalue weighted by molar-refractivity contribution is -0.274. The summed E-state index contributed by atoms with van der Waals surface area (Å²) in [6.07, 6.45) is 0.239. The van der Waals surface area contributed by atoms with Gasteiger partial charge >= 0.3 is 6.36 Å². The van der Waals surface area contributed by atoms with E-state index in [9.17, 15) is 13.2 Å². The number of ether oxygens (including phenoxy) is 1. The molecule has 104 valence electrons. The van der Waals surface area contributed by atoms with Gasteiger partial charge in [0.15, 0.2) is 0 Å². The SMILES string of the molecule is FC(F)(F)Oc1ccc2c(c1)C(CC1CCC1)CN2. The summed E-state index contributed by atoms with van der Waals surface area (Å²) in [6.45, 7) is 0.821. The first-order valence-corrected chi connectivity index (χ1v) is 6.65. The van der Waals surface area contributed by atoms with Gasteiger partial charge in [-0.05, 0) is 36.1 Å². The van der Waals surface area contributed by atoms with Crippen LogP contribution in [0.25, 0.3) is 0 Å². The molecule has 1 unspecified atom stereocenters. The lowest BCUT2D eigenvalue weighted by atomic mass is 9.78. The van der Waals surface area contributed by atoms with Crippen molar-refractivity contribution in [3.8, 4) is 5.75 Å². The molecule has 1 N–H and O–H groups in total. The monoisotopic (exact) mass is 271 g/mol. The first-order valence-electron chi connectivity index (χ1n) is 6.65. The predicted octanol–water partition coefficient (Wildman–Crippen LogP) is 4.28. The molecular formula is C14H16F3NO. The Morgan fingerprint density at radius 2 is 2.05 bits per heavy atom. The van der Waals surface area contributed by atoms with Crippen molar-refractivity contribution in [2.45, 2.75) is 38.0 Å². The van der Waals surface area contributed by atoms with Gasteiger partial charge in [0.2, 0.25) is 0 Å². The Labute approximate surface area is 109 Å². The molecule has 0 aromatic heterocycles. The molecule has 0 bridgehead atoms. The fourth-order valence-electron chi connectivity index (χ4n) is 2.92. The van der Waals surface area contributed by atoms with Crippen LogP contribution in [0.3, 0.4) is 0 Å². The Balaban J connectivity index is 1.76. The van der Waals surface area contributed by atoms with Gasteiger partial charge in [0.05, 0.1) is 0 Å². The second-order valence-electron chi connectivity index (χ2n) is 5.41. The van der Waals surface area contributed by atoms with Crippen molar-refractivity contribution in [1.82, 2.24) is 0 Å². The molecule has 1 aliphatic heterocycles. The van der Waals surface area contributed by atoms with E-state index in [1.54, 1.807) is 6.07 Å². The topological polar surface area (TPSA) is 21.3 Å². The maximum absolute atomic E-state index is 12.2. The predicted molar refractivity (Wildman–Crippen MR) is 66.3 cm³/mol. The van der Waals surface area contributed by atoms with Crippen LogP contribution in [0.2, 0.25) is 0 Å². The summed E-state index contributed by atoms with van der Waals surface area (Å²) in [5, 5.41) is 3.26. The van der Waals surface area contributed by atoms with Crippen LogP contribution in [-0.4, -0.2) is 12.9 Å². The first kappa shape index (κ1) is 12.6. The average molecular weight is 271 g/mol. The standard InChI is InChI=1S/C14H16F3NO/c15-14(16,17)19-11-4-5-13-12(7-11)10(8-18-13)6-9-2-1-3-9/h4-5,7,9-10,18H,1-3,6,8H2. The molecule has 0 saturated heterocycles. The largest absolute Gasteiger partial charge is 0.573 e. The van der Waals surface area contributed by atoms with E-state index in [0.29, 0.717) is 5.92 Å². The van der Waals surface area contributed by atoms with Gasteiger partial charge in [0.1, 0.15) is 5.75 Å².